The van der Waals surface area contributed by atoms with Gasteiger partial charge in [-0.15, -0.1) is 0 Å². The van der Waals surface area contributed by atoms with Gasteiger partial charge in [-0.1, -0.05) is 13.0 Å². The zero-order valence-electron chi connectivity index (χ0n) is 10.7. The number of hydrogen-bond acceptors (Lipinski definition) is 4. The van der Waals surface area contributed by atoms with E-state index in [9.17, 15) is 0 Å². The van der Waals surface area contributed by atoms with Crippen molar-refractivity contribution in [1.82, 2.24) is 0 Å². The molecule has 0 heterocycles. The Hall–Kier alpha value is -1.26. The zero-order chi connectivity index (χ0) is 12.7. The van der Waals surface area contributed by atoms with E-state index in [-0.39, 0.29) is 12.8 Å². The molecule has 0 spiro atoms. The number of ether oxygens (including phenoxy) is 3. The molecule has 17 heavy (non-hydrogen) atoms. The normalized spacial score (nSPS) is 12.2. The molecule has 0 fully saturated rings. The van der Waals surface area contributed by atoms with Gasteiger partial charge in [0.1, 0.15) is 0 Å². The van der Waals surface area contributed by atoms with Gasteiger partial charge < -0.3 is 19.9 Å². The molecule has 1 aromatic carbocycles. The Kier molecular flexibility index (Phi) is 5.80. The molecule has 0 bridgehead atoms. The van der Waals surface area contributed by atoms with Crippen LogP contribution in [0.2, 0.25) is 0 Å². The number of hydrogen-bond donors (Lipinski definition) is 1. The molecule has 2 N–H and O–H groups in total. The van der Waals surface area contributed by atoms with Crippen LogP contribution in [0.3, 0.4) is 0 Å². The first-order chi connectivity index (χ1) is 8.21. The minimum absolute atomic E-state index is 0.179. The summed E-state index contributed by atoms with van der Waals surface area (Å²) in [5.74, 6) is 1.39. The van der Waals surface area contributed by atoms with E-state index in [2.05, 4.69) is 6.92 Å². The molecule has 1 atom stereocenters. The van der Waals surface area contributed by atoms with Crippen LogP contribution >= 0.6 is 0 Å². The first-order valence-electron chi connectivity index (χ1n) is 5.75. The van der Waals surface area contributed by atoms with Gasteiger partial charge in [-0.2, -0.15) is 0 Å². The van der Waals surface area contributed by atoms with E-state index < -0.39 is 0 Å². The smallest absolute Gasteiger partial charge is 0.188 e. The standard InChI is InChI=1S/C13H21NO3/c1-4-11(14)7-10-5-6-12(16-3)13(8-10)17-9-15-2/h5-6,8,11H,4,7,9,14H2,1-3H3. The van der Waals surface area contributed by atoms with E-state index in [4.69, 9.17) is 19.9 Å². The third-order valence-electron chi connectivity index (χ3n) is 2.58. The molecule has 0 saturated carbocycles. The van der Waals surface area contributed by atoms with Crippen LogP contribution in [0.4, 0.5) is 0 Å². The molecule has 96 valence electrons. The van der Waals surface area contributed by atoms with Crippen LogP contribution in [0.25, 0.3) is 0 Å². The summed E-state index contributed by atoms with van der Waals surface area (Å²) in [5, 5.41) is 0. The molecule has 0 amide bonds. The van der Waals surface area contributed by atoms with Crippen LogP contribution in [-0.2, 0) is 11.2 Å². The third-order valence-corrected chi connectivity index (χ3v) is 2.58. The Balaban J connectivity index is 2.80. The summed E-state index contributed by atoms with van der Waals surface area (Å²) in [6.07, 6.45) is 1.80. The second kappa shape index (κ2) is 7.14. The fourth-order valence-corrected chi connectivity index (χ4v) is 1.53. The van der Waals surface area contributed by atoms with Gasteiger partial charge in [-0.25, -0.2) is 0 Å². The van der Waals surface area contributed by atoms with Crippen LogP contribution in [-0.4, -0.2) is 27.1 Å². The van der Waals surface area contributed by atoms with E-state index in [1.165, 1.54) is 0 Å². The highest BCUT2D eigenvalue weighted by atomic mass is 16.7. The lowest BCUT2D eigenvalue weighted by Gasteiger charge is -2.13. The van der Waals surface area contributed by atoms with E-state index >= 15 is 0 Å². The summed E-state index contributed by atoms with van der Waals surface area (Å²) in [5.41, 5.74) is 7.07. The first-order valence-corrected chi connectivity index (χ1v) is 5.75. The maximum absolute atomic E-state index is 5.93. The third kappa shape index (κ3) is 4.24. The molecule has 1 aromatic rings. The molecular weight excluding hydrogens is 218 g/mol. The largest absolute Gasteiger partial charge is 0.493 e. The van der Waals surface area contributed by atoms with Gasteiger partial charge in [0.2, 0.25) is 0 Å². The number of benzene rings is 1. The summed E-state index contributed by atoms with van der Waals surface area (Å²) in [6.45, 7) is 2.29. The van der Waals surface area contributed by atoms with Crippen LogP contribution < -0.4 is 15.2 Å². The fourth-order valence-electron chi connectivity index (χ4n) is 1.53. The number of rotatable bonds is 7. The predicted molar refractivity (Wildman–Crippen MR) is 67.5 cm³/mol. The van der Waals surface area contributed by atoms with Crippen molar-refractivity contribution in [3.05, 3.63) is 23.8 Å². The van der Waals surface area contributed by atoms with Crippen molar-refractivity contribution in [2.24, 2.45) is 5.73 Å². The second-order valence-corrected chi connectivity index (χ2v) is 3.91. The molecule has 0 aliphatic heterocycles. The van der Waals surface area contributed by atoms with Crippen LogP contribution in [0.1, 0.15) is 18.9 Å². The Labute approximate surface area is 103 Å². The Bertz CT molecular complexity index is 341. The lowest BCUT2D eigenvalue weighted by Crippen LogP contribution is -2.21. The molecular formula is C13H21NO3. The van der Waals surface area contributed by atoms with Crippen molar-refractivity contribution in [2.75, 3.05) is 21.0 Å². The Morgan fingerprint density at radius 1 is 1.24 bits per heavy atom. The van der Waals surface area contributed by atoms with Crippen molar-refractivity contribution in [3.8, 4) is 11.5 Å². The highest BCUT2D eigenvalue weighted by molar-refractivity contribution is 5.43. The molecule has 0 aliphatic carbocycles. The minimum Gasteiger partial charge on any atom is -0.493 e. The SMILES string of the molecule is CCC(N)Cc1ccc(OC)c(OCOC)c1. The van der Waals surface area contributed by atoms with Crippen molar-refractivity contribution < 1.29 is 14.2 Å². The summed E-state index contributed by atoms with van der Waals surface area (Å²) < 4.78 is 15.5. The molecule has 0 aromatic heterocycles. The van der Waals surface area contributed by atoms with Crippen LogP contribution in [0.5, 0.6) is 11.5 Å². The summed E-state index contributed by atoms with van der Waals surface area (Å²) >= 11 is 0. The Morgan fingerprint density at radius 2 is 2.00 bits per heavy atom. The second-order valence-electron chi connectivity index (χ2n) is 3.91. The summed E-state index contributed by atoms with van der Waals surface area (Å²) in [6, 6.07) is 6.03. The average molecular weight is 239 g/mol. The van der Waals surface area contributed by atoms with Gasteiger partial charge >= 0.3 is 0 Å². The van der Waals surface area contributed by atoms with E-state index in [0.717, 1.165) is 18.4 Å². The fraction of sp³-hybridized carbons (Fsp3) is 0.538. The zero-order valence-corrected chi connectivity index (χ0v) is 10.7. The highest BCUT2D eigenvalue weighted by Gasteiger charge is 2.08. The monoisotopic (exact) mass is 239 g/mol. The average Bonchev–Trinajstić information content (AvgIpc) is 2.36. The summed E-state index contributed by atoms with van der Waals surface area (Å²) in [4.78, 5) is 0. The maximum Gasteiger partial charge on any atom is 0.188 e. The molecule has 4 heteroatoms. The van der Waals surface area contributed by atoms with Gasteiger partial charge in [0.25, 0.3) is 0 Å². The van der Waals surface area contributed by atoms with Gasteiger partial charge in [0.05, 0.1) is 7.11 Å². The van der Waals surface area contributed by atoms with E-state index in [1.54, 1.807) is 14.2 Å². The maximum atomic E-state index is 5.93. The summed E-state index contributed by atoms with van der Waals surface area (Å²) in [7, 11) is 3.20. The molecule has 1 rings (SSSR count). The number of nitrogens with two attached hydrogens (primary N) is 1. The van der Waals surface area contributed by atoms with E-state index in [0.29, 0.717) is 11.5 Å². The minimum atomic E-state index is 0.179. The molecule has 1 unspecified atom stereocenters. The van der Waals surface area contributed by atoms with Crippen molar-refractivity contribution in [2.45, 2.75) is 25.8 Å². The Morgan fingerprint density at radius 3 is 2.59 bits per heavy atom. The van der Waals surface area contributed by atoms with E-state index in [1.807, 2.05) is 18.2 Å². The molecule has 0 radical (unpaired) electrons. The number of methoxy groups -OCH3 is 2. The van der Waals surface area contributed by atoms with Crippen LogP contribution in [0.15, 0.2) is 18.2 Å². The van der Waals surface area contributed by atoms with Crippen LogP contribution in [0, 0.1) is 0 Å². The van der Waals surface area contributed by atoms with Gasteiger partial charge in [0, 0.05) is 13.2 Å². The lowest BCUT2D eigenvalue weighted by molar-refractivity contribution is 0.0491. The van der Waals surface area contributed by atoms with Crippen molar-refractivity contribution in [1.29, 1.82) is 0 Å². The van der Waals surface area contributed by atoms with Crippen molar-refractivity contribution in [3.63, 3.8) is 0 Å². The highest BCUT2D eigenvalue weighted by Crippen LogP contribution is 2.28. The molecule has 4 nitrogen and oxygen atoms in total. The molecule has 0 aliphatic rings. The quantitative estimate of drug-likeness (QED) is 0.739. The van der Waals surface area contributed by atoms with Gasteiger partial charge in [-0.3, -0.25) is 0 Å². The predicted octanol–water partition coefficient (Wildman–Crippen LogP) is 1.96. The lowest BCUT2D eigenvalue weighted by atomic mass is 10.0. The topological polar surface area (TPSA) is 53.7 Å². The molecule has 0 saturated heterocycles. The van der Waals surface area contributed by atoms with Gasteiger partial charge in [0.15, 0.2) is 18.3 Å². The van der Waals surface area contributed by atoms with Crippen molar-refractivity contribution >= 4 is 0 Å². The first kappa shape index (κ1) is 13.8. The van der Waals surface area contributed by atoms with Gasteiger partial charge in [-0.05, 0) is 30.5 Å².